The van der Waals surface area contributed by atoms with Crippen molar-refractivity contribution in [2.45, 2.75) is 23.8 Å². The second-order valence-corrected chi connectivity index (χ2v) is 6.41. The van der Waals surface area contributed by atoms with Gasteiger partial charge in [-0.2, -0.15) is 0 Å². The molecule has 1 atom stereocenters. The number of carbonyl (C=O) groups is 1. The van der Waals surface area contributed by atoms with Crippen molar-refractivity contribution in [1.82, 2.24) is 4.72 Å². The second kappa shape index (κ2) is 6.16. The van der Waals surface area contributed by atoms with E-state index >= 15 is 0 Å². The SMILES string of the molecule is CC(O)(CNS(=O)(=O)c1cccc([N+](=O)[O-])c1)CC(=O)O. The molecule has 0 radical (unpaired) electrons. The van der Waals surface area contributed by atoms with Crippen LogP contribution in [0.5, 0.6) is 0 Å². The van der Waals surface area contributed by atoms with Gasteiger partial charge in [-0.05, 0) is 13.0 Å². The van der Waals surface area contributed by atoms with Crippen LogP contribution in [0.15, 0.2) is 29.2 Å². The zero-order chi connectivity index (χ0) is 16.3. The lowest BCUT2D eigenvalue weighted by Crippen LogP contribution is -2.42. The van der Waals surface area contributed by atoms with E-state index in [1.807, 2.05) is 4.72 Å². The van der Waals surface area contributed by atoms with Crippen LogP contribution in [0.4, 0.5) is 5.69 Å². The molecular formula is C11H14N2O7S. The lowest BCUT2D eigenvalue weighted by Gasteiger charge is -2.21. The third-order valence-corrected chi connectivity index (χ3v) is 3.91. The number of carboxylic acids is 1. The van der Waals surface area contributed by atoms with Gasteiger partial charge >= 0.3 is 5.97 Å². The number of rotatable bonds is 7. The van der Waals surface area contributed by atoms with E-state index in [1.54, 1.807) is 0 Å². The first-order valence-electron chi connectivity index (χ1n) is 5.72. The van der Waals surface area contributed by atoms with Crippen LogP contribution in [-0.2, 0) is 14.8 Å². The van der Waals surface area contributed by atoms with E-state index in [-0.39, 0.29) is 4.90 Å². The van der Waals surface area contributed by atoms with Crippen molar-refractivity contribution in [1.29, 1.82) is 0 Å². The maximum atomic E-state index is 11.9. The van der Waals surface area contributed by atoms with Crippen LogP contribution in [0.1, 0.15) is 13.3 Å². The van der Waals surface area contributed by atoms with Crippen LogP contribution >= 0.6 is 0 Å². The number of hydrogen-bond donors (Lipinski definition) is 3. The molecule has 21 heavy (non-hydrogen) atoms. The number of nitro groups is 1. The van der Waals surface area contributed by atoms with Crippen molar-refractivity contribution in [3.8, 4) is 0 Å². The number of benzene rings is 1. The predicted molar refractivity (Wildman–Crippen MR) is 71.2 cm³/mol. The molecule has 3 N–H and O–H groups in total. The van der Waals surface area contributed by atoms with Gasteiger partial charge in [0.1, 0.15) is 0 Å². The summed E-state index contributed by atoms with van der Waals surface area (Å²) in [4.78, 5) is 20.0. The summed E-state index contributed by atoms with van der Waals surface area (Å²) in [7, 11) is -4.09. The number of nitrogens with zero attached hydrogens (tertiary/aromatic N) is 1. The summed E-state index contributed by atoms with van der Waals surface area (Å²) in [6, 6.07) is 4.37. The minimum atomic E-state index is -4.09. The number of carboxylic acid groups (broad SMARTS) is 1. The molecule has 0 saturated carbocycles. The molecule has 0 bridgehead atoms. The standard InChI is InChI=1S/C11H14N2O7S/c1-11(16,6-10(14)15)7-12-21(19,20)9-4-2-3-8(5-9)13(17)18/h2-5,12,16H,6-7H2,1H3,(H,14,15). The zero-order valence-electron chi connectivity index (χ0n) is 11.0. The first kappa shape index (κ1) is 17.0. The molecule has 0 fully saturated rings. The molecule has 1 aromatic carbocycles. The Labute approximate surface area is 120 Å². The predicted octanol–water partition coefficient (Wildman–Crippen LogP) is 0.0988. The van der Waals surface area contributed by atoms with Crippen molar-refractivity contribution in [3.05, 3.63) is 34.4 Å². The Balaban J connectivity index is 2.90. The highest BCUT2D eigenvalue weighted by atomic mass is 32.2. The van der Waals surface area contributed by atoms with Gasteiger partial charge in [-0.3, -0.25) is 14.9 Å². The van der Waals surface area contributed by atoms with Crippen molar-refractivity contribution in [3.63, 3.8) is 0 Å². The number of non-ortho nitro benzene ring substituents is 1. The molecule has 0 aliphatic heterocycles. The molecule has 0 aromatic heterocycles. The molecule has 116 valence electrons. The molecule has 0 aliphatic rings. The van der Waals surface area contributed by atoms with E-state index in [2.05, 4.69) is 0 Å². The Hall–Kier alpha value is -2.04. The van der Waals surface area contributed by atoms with E-state index in [9.17, 15) is 28.4 Å². The third kappa shape index (κ3) is 5.10. The maximum Gasteiger partial charge on any atom is 0.306 e. The molecule has 1 rings (SSSR count). The van der Waals surface area contributed by atoms with Crippen LogP contribution < -0.4 is 4.72 Å². The Morgan fingerprint density at radius 1 is 1.48 bits per heavy atom. The number of hydrogen-bond acceptors (Lipinski definition) is 6. The largest absolute Gasteiger partial charge is 0.481 e. The van der Waals surface area contributed by atoms with Gasteiger partial charge in [0.2, 0.25) is 10.0 Å². The van der Waals surface area contributed by atoms with E-state index < -0.39 is 45.2 Å². The maximum absolute atomic E-state index is 11.9. The summed E-state index contributed by atoms with van der Waals surface area (Å²) in [6.07, 6.45) is -0.648. The Kier molecular flexibility index (Phi) is 4.99. The molecule has 0 saturated heterocycles. The Morgan fingerprint density at radius 3 is 2.62 bits per heavy atom. The number of aliphatic carboxylic acids is 1. The minimum Gasteiger partial charge on any atom is -0.481 e. The molecule has 9 nitrogen and oxygen atoms in total. The normalized spacial score (nSPS) is 14.4. The second-order valence-electron chi connectivity index (χ2n) is 4.65. The van der Waals surface area contributed by atoms with Crippen LogP contribution in [0.3, 0.4) is 0 Å². The summed E-state index contributed by atoms with van der Waals surface area (Å²) >= 11 is 0. The van der Waals surface area contributed by atoms with E-state index in [0.717, 1.165) is 25.1 Å². The Bertz CT molecular complexity index is 654. The third-order valence-electron chi connectivity index (χ3n) is 2.51. The average molecular weight is 318 g/mol. The first-order valence-corrected chi connectivity index (χ1v) is 7.20. The van der Waals surface area contributed by atoms with E-state index in [0.29, 0.717) is 0 Å². The molecule has 0 heterocycles. The zero-order valence-corrected chi connectivity index (χ0v) is 11.8. The number of nitro benzene ring substituents is 1. The highest BCUT2D eigenvalue weighted by molar-refractivity contribution is 7.89. The average Bonchev–Trinajstić information content (AvgIpc) is 2.35. The fraction of sp³-hybridized carbons (Fsp3) is 0.364. The van der Waals surface area contributed by atoms with Crippen molar-refractivity contribution >= 4 is 21.7 Å². The van der Waals surface area contributed by atoms with Gasteiger partial charge in [-0.1, -0.05) is 6.07 Å². The summed E-state index contributed by atoms with van der Waals surface area (Å²) < 4.78 is 25.9. The monoisotopic (exact) mass is 318 g/mol. The highest BCUT2D eigenvalue weighted by Gasteiger charge is 2.27. The van der Waals surface area contributed by atoms with Gasteiger partial charge in [-0.15, -0.1) is 0 Å². The van der Waals surface area contributed by atoms with Crippen LogP contribution in [-0.4, -0.2) is 41.7 Å². The first-order chi connectivity index (χ1) is 9.53. The molecule has 10 heteroatoms. The van der Waals surface area contributed by atoms with Crippen molar-refractivity contribution in [2.24, 2.45) is 0 Å². The number of nitrogens with one attached hydrogen (secondary N) is 1. The van der Waals surface area contributed by atoms with Crippen LogP contribution in [0, 0.1) is 10.1 Å². The molecule has 0 aliphatic carbocycles. The summed E-state index contributed by atoms with van der Waals surface area (Å²) in [5, 5.41) is 28.9. The van der Waals surface area contributed by atoms with Crippen molar-refractivity contribution < 1.29 is 28.3 Å². The fourth-order valence-electron chi connectivity index (χ4n) is 1.49. The molecular weight excluding hydrogens is 304 g/mol. The van der Waals surface area contributed by atoms with E-state index in [1.165, 1.54) is 6.07 Å². The van der Waals surface area contributed by atoms with E-state index in [4.69, 9.17) is 5.11 Å². The molecule has 0 spiro atoms. The highest BCUT2D eigenvalue weighted by Crippen LogP contribution is 2.18. The number of sulfonamides is 1. The topological polar surface area (TPSA) is 147 Å². The van der Waals surface area contributed by atoms with Gasteiger partial charge in [0.05, 0.1) is 21.8 Å². The summed E-state index contributed by atoms with van der Waals surface area (Å²) in [5.41, 5.74) is -2.17. The van der Waals surface area contributed by atoms with Gasteiger partial charge in [0, 0.05) is 18.7 Å². The molecule has 1 unspecified atom stereocenters. The lowest BCUT2D eigenvalue weighted by atomic mass is 10.0. The lowest BCUT2D eigenvalue weighted by molar-refractivity contribution is -0.385. The minimum absolute atomic E-state index is 0.345. The fourth-order valence-corrected chi connectivity index (χ4v) is 2.69. The number of aliphatic hydroxyl groups is 1. The quantitative estimate of drug-likeness (QED) is 0.477. The van der Waals surface area contributed by atoms with Crippen LogP contribution in [0.25, 0.3) is 0 Å². The van der Waals surface area contributed by atoms with Gasteiger partial charge in [0.25, 0.3) is 5.69 Å². The molecule has 0 amide bonds. The molecule has 1 aromatic rings. The Morgan fingerprint density at radius 2 is 2.10 bits per heavy atom. The van der Waals surface area contributed by atoms with Gasteiger partial charge in [-0.25, -0.2) is 13.1 Å². The van der Waals surface area contributed by atoms with Crippen LogP contribution in [0.2, 0.25) is 0 Å². The van der Waals surface area contributed by atoms with Gasteiger partial charge in [0.15, 0.2) is 0 Å². The smallest absolute Gasteiger partial charge is 0.306 e. The summed E-state index contributed by atoms with van der Waals surface area (Å²) in [5.74, 6) is -1.28. The van der Waals surface area contributed by atoms with Crippen molar-refractivity contribution in [2.75, 3.05) is 6.54 Å². The summed E-state index contributed by atoms with van der Waals surface area (Å²) in [6.45, 7) is 0.626. The van der Waals surface area contributed by atoms with Gasteiger partial charge < -0.3 is 10.2 Å².